The van der Waals surface area contributed by atoms with Crippen molar-refractivity contribution in [1.82, 2.24) is 15.5 Å². The Balaban J connectivity index is 1.60. The molecule has 1 aliphatic rings. The van der Waals surface area contributed by atoms with Gasteiger partial charge in [-0.1, -0.05) is 6.92 Å². The topological polar surface area (TPSA) is 40.7 Å². The molecule has 1 heterocycles. The summed E-state index contributed by atoms with van der Waals surface area (Å²) in [6.07, 6.45) is 8.44. The van der Waals surface area contributed by atoms with Crippen molar-refractivity contribution in [1.29, 1.82) is 0 Å². The normalized spacial score (nSPS) is 25.1. The fraction of sp³-hybridized carbons (Fsp3) is 0.769. The largest absolute Gasteiger partial charge is 0.314 e. The van der Waals surface area contributed by atoms with Crippen LogP contribution in [0.2, 0.25) is 0 Å². The molecule has 0 spiro atoms. The van der Waals surface area contributed by atoms with Gasteiger partial charge in [0.05, 0.1) is 6.20 Å². The fourth-order valence-corrected chi connectivity index (χ4v) is 2.61. The fourth-order valence-electron chi connectivity index (χ4n) is 2.61. The van der Waals surface area contributed by atoms with Crippen LogP contribution in [-0.2, 0) is 6.42 Å². The molecule has 0 amide bonds. The van der Waals surface area contributed by atoms with Crippen molar-refractivity contribution in [3.05, 3.63) is 17.5 Å². The number of nitrogens with one attached hydrogen (secondary N) is 2. The predicted octanol–water partition coefficient (Wildman–Crippen LogP) is 2.43. The molecule has 1 aliphatic carbocycles. The van der Waals surface area contributed by atoms with E-state index < -0.39 is 0 Å². The molecule has 1 saturated carbocycles. The van der Waals surface area contributed by atoms with Crippen molar-refractivity contribution < 1.29 is 0 Å². The van der Waals surface area contributed by atoms with E-state index in [1.807, 2.05) is 6.20 Å². The van der Waals surface area contributed by atoms with Crippen LogP contribution in [0.25, 0.3) is 0 Å². The highest BCUT2D eigenvalue weighted by atomic mass is 15.1. The zero-order valence-corrected chi connectivity index (χ0v) is 10.4. The van der Waals surface area contributed by atoms with E-state index in [2.05, 4.69) is 29.4 Å². The number of rotatable bonds is 5. The summed E-state index contributed by atoms with van der Waals surface area (Å²) in [5, 5.41) is 10.7. The summed E-state index contributed by atoms with van der Waals surface area (Å²) < 4.78 is 0. The second-order valence-corrected chi connectivity index (χ2v) is 5.19. The molecule has 3 nitrogen and oxygen atoms in total. The number of nitrogens with zero attached hydrogens (tertiary/aromatic N) is 1. The number of aromatic amines is 1. The van der Waals surface area contributed by atoms with E-state index in [4.69, 9.17) is 0 Å². The standard InChI is InChI=1S/C13H23N3/c1-10-5-6-13(8-10)14-7-3-4-12-9-15-16-11(12)2/h9-10,13-14H,3-8H2,1-2H3,(H,15,16). The van der Waals surface area contributed by atoms with Gasteiger partial charge in [-0.25, -0.2) is 0 Å². The molecule has 0 bridgehead atoms. The van der Waals surface area contributed by atoms with Gasteiger partial charge in [-0.05, 0) is 57.1 Å². The van der Waals surface area contributed by atoms with E-state index in [1.165, 1.54) is 36.9 Å². The average Bonchev–Trinajstić information content (AvgIpc) is 2.83. The van der Waals surface area contributed by atoms with Gasteiger partial charge in [-0.15, -0.1) is 0 Å². The maximum Gasteiger partial charge on any atom is 0.0522 e. The SMILES string of the molecule is Cc1[nH]ncc1CCCNC1CCC(C)C1. The van der Waals surface area contributed by atoms with Crippen LogP contribution in [0.3, 0.4) is 0 Å². The summed E-state index contributed by atoms with van der Waals surface area (Å²) in [7, 11) is 0. The van der Waals surface area contributed by atoms with Gasteiger partial charge in [0, 0.05) is 11.7 Å². The van der Waals surface area contributed by atoms with Crippen LogP contribution >= 0.6 is 0 Å². The maximum absolute atomic E-state index is 4.04. The molecule has 90 valence electrons. The molecular formula is C13H23N3. The second kappa shape index (κ2) is 5.48. The third kappa shape index (κ3) is 3.08. The molecule has 2 unspecified atom stereocenters. The number of aryl methyl sites for hydroxylation is 2. The predicted molar refractivity (Wildman–Crippen MR) is 66.5 cm³/mol. The molecule has 0 radical (unpaired) electrons. The molecule has 16 heavy (non-hydrogen) atoms. The molecule has 1 fully saturated rings. The van der Waals surface area contributed by atoms with Crippen molar-refractivity contribution >= 4 is 0 Å². The highest BCUT2D eigenvalue weighted by molar-refractivity contribution is 5.14. The summed E-state index contributed by atoms with van der Waals surface area (Å²) in [5.41, 5.74) is 2.58. The summed E-state index contributed by atoms with van der Waals surface area (Å²) in [6, 6.07) is 0.778. The molecular weight excluding hydrogens is 198 g/mol. The van der Waals surface area contributed by atoms with Crippen molar-refractivity contribution in [2.24, 2.45) is 5.92 Å². The molecule has 2 rings (SSSR count). The van der Waals surface area contributed by atoms with Gasteiger partial charge in [0.25, 0.3) is 0 Å². The van der Waals surface area contributed by atoms with Crippen LogP contribution in [0.4, 0.5) is 0 Å². The minimum absolute atomic E-state index is 0.778. The second-order valence-electron chi connectivity index (χ2n) is 5.19. The number of hydrogen-bond donors (Lipinski definition) is 2. The van der Waals surface area contributed by atoms with Gasteiger partial charge < -0.3 is 5.32 Å². The molecule has 1 aromatic rings. The summed E-state index contributed by atoms with van der Waals surface area (Å²) >= 11 is 0. The lowest BCUT2D eigenvalue weighted by Crippen LogP contribution is -2.27. The van der Waals surface area contributed by atoms with E-state index in [9.17, 15) is 0 Å². The van der Waals surface area contributed by atoms with Gasteiger partial charge >= 0.3 is 0 Å². The maximum atomic E-state index is 4.04. The number of hydrogen-bond acceptors (Lipinski definition) is 2. The summed E-state index contributed by atoms with van der Waals surface area (Å²) in [6.45, 7) is 5.59. The Morgan fingerprint density at radius 3 is 3.00 bits per heavy atom. The van der Waals surface area contributed by atoms with Gasteiger partial charge in [0.1, 0.15) is 0 Å². The molecule has 3 heteroatoms. The molecule has 1 aromatic heterocycles. The van der Waals surface area contributed by atoms with Crippen LogP contribution in [0.5, 0.6) is 0 Å². The lowest BCUT2D eigenvalue weighted by Gasteiger charge is -2.11. The Labute approximate surface area is 98.0 Å². The first kappa shape index (κ1) is 11.6. The summed E-state index contributed by atoms with van der Waals surface area (Å²) in [5.74, 6) is 0.925. The first-order chi connectivity index (χ1) is 7.75. The van der Waals surface area contributed by atoms with E-state index in [0.29, 0.717) is 0 Å². The van der Waals surface area contributed by atoms with E-state index in [-0.39, 0.29) is 0 Å². The van der Waals surface area contributed by atoms with Crippen LogP contribution in [-0.4, -0.2) is 22.8 Å². The average molecular weight is 221 g/mol. The molecule has 2 N–H and O–H groups in total. The lowest BCUT2D eigenvalue weighted by atomic mass is 10.1. The number of H-pyrrole nitrogens is 1. The third-order valence-corrected chi connectivity index (χ3v) is 3.69. The Morgan fingerprint density at radius 2 is 2.38 bits per heavy atom. The zero-order chi connectivity index (χ0) is 11.4. The van der Waals surface area contributed by atoms with E-state index in [1.54, 1.807) is 0 Å². The van der Waals surface area contributed by atoms with Crippen molar-refractivity contribution in [2.45, 2.75) is 52.0 Å². The van der Waals surface area contributed by atoms with Crippen LogP contribution in [0.15, 0.2) is 6.20 Å². The Bertz CT molecular complexity index is 319. The van der Waals surface area contributed by atoms with E-state index >= 15 is 0 Å². The van der Waals surface area contributed by atoms with E-state index in [0.717, 1.165) is 24.9 Å². The smallest absolute Gasteiger partial charge is 0.0522 e. The quantitative estimate of drug-likeness (QED) is 0.750. The van der Waals surface area contributed by atoms with Gasteiger partial charge in [-0.3, -0.25) is 5.10 Å². The molecule has 0 aliphatic heterocycles. The Morgan fingerprint density at radius 1 is 1.50 bits per heavy atom. The van der Waals surface area contributed by atoms with Crippen molar-refractivity contribution in [3.63, 3.8) is 0 Å². The molecule has 2 atom stereocenters. The van der Waals surface area contributed by atoms with Crippen molar-refractivity contribution in [2.75, 3.05) is 6.54 Å². The van der Waals surface area contributed by atoms with Crippen molar-refractivity contribution in [3.8, 4) is 0 Å². The van der Waals surface area contributed by atoms with Gasteiger partial charge in [0.15, 0.2) is 0 Å². The zero-order valence-electron chi connectivity index (χ0n) is 10.4. The summed E-state index contributed by atoms with van der Waals surface area (Å²) in [4.78, 5) is 0. The van der Waals surface area contributed by atoms with Crippen LogP contribution in [0, 0.1) is 12.8 Å². The molecule has 0 saturated heterocycles. The highest BCUT2D eigenvalue weighted by Gasteiger charge is 2.19. The highest BCUT2D eigenvalue weighted by Crippen LogP contribution is 2.24. The first-order valence-corrected chi connectivity index (χ1v) is 6.48. The van der Waals surface area contributed by atoms with Crippen LogP contribution in [0.1, 0.15) is 43.9 Å². The Kier molecular flexibility index (Phi) is 3.99. The minimum atomic E-state index is 0.778. The van der Waals surface area contributed by atoms with Gasteiger partial charge in [0.2, 0.25) is 0 Å². The Hall–Kier alpha value is -0.830. The first-order valence-electron chi connectivity index (χ1n) is 6.48. The molecule has 0 aromatic carbocycles. The lowest BCUT2D eigenvalue weighted by molar-refractivity contribution is 0.496. The third-order valence-electron chi connectivity index (χ3n) is 3.69. The minimum Gasteiger partial charge on any atom is -0.314 e. The monoisotopic (exact) mass is 221 g/mol. The van der Waals surface area contributed by atoms with Gasteiger partial charge in [-0.2, -0.15) is 5.10 Å². The van der Waals surface area contributed by atoms with Crippen LogP contribution < -0.4 is 5.32 Å². The number of aromatic nitrogens is 2.